The third kappa shape index (κ3) is 3.54. The number of para-hydroxylation sites is 1. The summed E-state index contributed by atoms with van der Waals surface area (Å²) in [6.07, 6.45) is 3.52. The number of anilines is 1. The molecule has 0 heterocycles. The van der Waals surface area contributed by atoms with E-state index < -0.39 is 5.54 Å². The van der Waals surface area contributed by atoms with Crippen LogP contribution in [0.5, 0.6) is 0 Å². The molecule has 0 radical (unpaired) electrons. The van der Waals surface area contributed by atoms with Crippen molar-refractivity contribution in [3.63, 3.8) is 0 Å². The summed E-state index contributed by atoms with van der Waals surface area (Å²) in [5.41, 5.74) is 3.49. The van der Waals surface area contributed by atoms with Crippen molar-refractivity contribution >= 4 is 23.1 Å². The quantitative estimate of drug-likeness (QED) is 0.825. The molecule has 2 N–H and O–H groups in total. The molecule has 0 bridgehead atoms. The topological polar surface area (TPSA) is 70.6 Å². The molecule has 0 saturated heterocycles. The predicted octanol–water partition coefficient (Wildman–Crippen LogP) is 1.88. The summed E-state index contributed by atoms with van der Waals surface area (Å²) >= 11 is 0. The summed E-state index contributed by atoms with van der Waals surface area (Å²) in [5.74, 6) is -0.280. The zero-order chi connectivity index (χ0) is 14.6. The average molecular weight is 271 g/mol. The first-order valence-corrected chi connectivity index (χ1v) is 6.38. The molecule has 104 valence electrons. The molecule has 1 aromatic rings. The lowest BCUT2D eigenvalue weighted by Crippen LogP contribution is -2.48. The van der Waals surface area contributed by atoms with Crippen LogP contribution in [0.15, 0.2) is 47.6 Å². The van der Waals surface area contributed by atoms with Crippen molar-refractivity contribution < 1.29 is 9.59 Å². The molecule has 0 saturated carbocycles. The fourth-order valence-electron chi connectivity index (χ4n) is 2.08. The molecule has 2 rings (SSSR count). The van der Waals surface area contributed by atoms with E-state index in [-0.39, 0.29) is 11.7 Å². The monoisotopic (exact) mass is 271 g/mol. The Balaban J connectivity index is 2.13. The van der Waals surface area contributed by atoms with Crippen LogP contribution in [0.4, 0.5) is 5.69 Å². The van der Waals surface area contributed by atoms with Crippen LogP contribution in [0, 0.1) is 0 Å². The average Bonchev–Trinajstić information content (AvgIpc) is 2.40. The minimum atomic E-state index is -0.572. The van der Waals surface area contributed by atoms with E-state index >= 15 is 0 Å². The SMILES string of the molecule is CC(=O)NC1(C)C=CC(=O)C(=NNc2ccccc2)C1. The first-order valence-electron chi connectivity index (χ1n) is 6.38. The van der Waals surface area contributed by atoms with Gasteiger partial charge in [-0.2, -0.15) is 5.10 Å². The second-order valence-corrected chi connectivity index (χ2v) is 5.01. The van der Waals surface area contributed by atoms with Crippen molar-refractivity contribution in [2.75, 3.05) is 5.43 Å². The molecule has 1 aliphatic rings. The first kappa shape index (κ1) is 14.0. The number of carbonyl (C=O) groups excluding carboxylic acids is 2. The molecular formula is C15H17N3O2. The van der Waals surface area contributed by atoms with Gasteiger partial charge in [0.2, 0.25) is 11.7 Å². The van der Waals surface area contributed by atoms with Crippen LogP contribution in [0.25, 0.3) is 0 Å². The summed E-state index contributed by atoms with van der Waals surface area (Å²) < 4.78 is 0. The van der Waals surface area contributed by atoms with Crippen molar-refractivity contribution in [2.45, 2.75) is 25.8 Å². The van der Waals surface area contributed by atoms with Crippen LogP contribution in [0.2, 0.25) is 0 Å². The van der Waals surface area contributed by atoms with Gasteiger partial charge >= 0.3 is 0 Å². The Morgan fingerprint density at radius 3 is 2.65 bits per heavy atom. The Kier molecular flexibility index (Phi) is 3.98. The highest BCUT2D eigenvalue weighted by Crippen LogP contribution is 2.19. The molecule has 5 heteroatoms. The lowest BCUT2D eigenvalue weighted by atomic mass is 9.87. The summed E-state index contributed by atoms with van der Waals surface area (Å²) in [6, 6.07) is 9.39. The lowest BCUT2D eigenvalue weighted by Gasteiger charge is -2.29. The van der Waals surface area contributed by atoms with Gasteiger partial charge in [-0.05, 0) is 25.1 Å². The Morgan fingerprint density at radius 1 is 1.30 bits per heavy atom. The number of ketones is 1. The summed E-state index contributed by atoms with van der Waals surface area (Å²) in [5, 5.41) is 6.97. The summed E-state index contributed by atoms with van der Waals surface area (Å²) in [4.78, 5) is 23.0. The molecule has 20 heavy (non-hydrogen) atoms. The van der Waals surface area contributed by atoms with Gasteiger partial charge in [-0.1, -0.05) is 24.3 Å². The normalized spacial score (nSPS) is 23.7. The van der Waals surface area contributed by atoms with Gasteiger partial charge in [0, 0.05) is 13.3 Å². The van der Waals surface area contributed by atoms with Crippen LogP contribution >= 0.6 is 0 Å². The van der Waals surface area contributed by atoms with Crippen LogP contribution in [0.3, 0.4) is 0 Å². The highest BCUT2D eigenvalue weighted by molar-refractivity contribution is 6.45. The first-order chi connectivity index (χ1) is 9.48. The predicted molar refractivity (Wildman–Crippen MR) is 78.5 cm³/mol. The van der Waals surface area contributed by atoms with Crippen molar-refractivity contribution in [1.82, 2.24) is 5.32 Å². The molecule has 5 nitrogen and oxygen atoms in total. The van der Waals surface area contributed by atoms with E-state index in [1.807, 2.05) is 37.3 Å². The van der Waals surface area contributed by atoms with E-state index in [1.54, 1.807) is 6.08 Å². The number of hydrazone groups is 1. The van der Waals surface area contributed by atoms with Gasteiger partial charge in [0.1, 0.15) is 5.71 Å². The van der Waals surface area contributed by atoms with Gasteiger partial charge in [0.25, 0.3) is 0 Å². The van der Waals surface area contributed by atoms with E-state index in [1.165, 1.54) is 13.0 Å². The summed E-state index contributed by atoms with van der Waals surface area (Å²) in [6.45, 7) is 3.31. The molecule has 1 aliphatic carbocycles. The van der Waals surface area contributed by atoms with Crippen molar-refractivity contribution in [1.29, 1.82) is 0 Å². The Morgan fingerprint density at radius 2 is 2.00 bits per heavy atom. The number of nitrogens with one attached hydrogen (secondary N) is 2. The van der Waals surface area contributed by atoms with Gasteiger partial charge in [0.15, 0.2) is 0 Å². The molecule has 0 aliphatic heterocycles. The number of amides is 1. The highest BCUT2D eigenvalue weighted by atomic mass is 16.1. The molecule has 0 fully saturated rings. The smallest absolute Gasteiger partial charge is 0.217 e. The Hall–Kier alpha value is -2.43. The maximum atomic E-state index is 11.8. The Bertz CT molecular complexity index is 578. The molecule has 1 unspecified atom stereocenters. The lowest BCUT2D eigenvalue weighted by molar-refractivity contribution is -0.120. The van der Waals surface area contributed by atoms with Crippen LogP contribution in [-0.2, 0) is 9.59 Å². The van der Waals surface area contributed by atoms with E-state index in [4.69, 9.17) is 0 Å². The van der Waals surface area contributed by atoms with Crippen molar-refractivity contribution in [3.8, 4) is 0 Å². The standard InChI is InChI=1S/C15H17N3O2/c1-11(19)16-15(2)9-8-14(20)13(10-15)18-17-12-6-4-3-5-7-12/h3-9,17H,10H2,1-2H3,(H,16,19). The number of benzene rings is 1. The van der Waals surface area contributed by atoms with Crippen molar-refractivity contribution in [3.05, 3.63) is 42.5 Å². The van der Waals surface area contributed by atoms with E-state index in [2.05, 4.69) is 15.8 Å². The maximum absolute atomic E-state index is 11.8. The van der Waals surface area contributed by atoms with Gasteiger partial charge in [-0.25, -0.2) is 0 Å². The van der Waals surface area contributed by atoms with Crippen molar-refractivity contribution in [2.24, 2.45) is 5.10 Å². The zero-order valence-electron chi connectivity index (χ0n) is 11.5. The molecule has 1 atom stereocenters. The number of carbonyl (C=O) groups is 2. The minimum Gasteiger partial charge on any atom is -0.347 e. The molecule has 1 amide bonds. The minimum absolute atomic E-state index is 0.137. The third-order valence-corrected chi connectivity index (χ3v) is 2.98. The fraction of sp³-hybridized carbons (Fsp3) is 0.267. The van der Waals surface area contributed by atoms with E-state index in [9.17, 15) is 9.59 Å². The largest absolute Gasteiger partial charge is 0.347 e. The zero-order valence-corrected chi connectivity index (χ0v) is 11.5. The van der Waals surface area contributed by atoms with Crippen LogP contribution in [0.1, 0.15) is 20.3 Å². The van der Waals surface area contributed by atoms with Gasteiger partial charge in [-0.15, -0.1) is 0 Å². The van der Waals surface area contributed by atoms with Gasteiger partial charge in [0.05, 0.1) is 11.2 Å². The van der Waals surface area contributed by atoms with E-state index in [0.717, 1.165) is 5.69 Å². The number of hydrogen-bond donors (Lipinski definition) is 2. The Labute approximate surface area is 117 Å². The molecular weight excluding hydrogens is 254 g/mol. The molecule has 1 aromatic carbocycles. The van der Waals surface area contributed by atoms with Gasteiger partial charge < -0.3 is 5.32 Å². The fourth-order valence-corrected chi connectivity index (χ4v) is 2.08. The molecule has 0 aromatic heterocycles. The summed E-state index contributed by atoms with van der Waals surface area (Å²) in [7, 11) is 0. The third-order valence-electron chi connectivity index (χ3n) is 2.98. The maximum Gasteiger partial charge on any atom is 0.217 e. The number of nitrogens with zero attached hydrogens (tertiary/aromatic N) is 1. The van der Waals surface area contributed by atoms with Crippen LogP contribution in [-0.4, -0.2) is 22.9 Å². The van der Waals surface area contributed by atoms with Crippen LogP contribution < -0.4 is 10.7 Å². The second-order valence-electron chi connectivity index (χ2n) is 5.01. The number of rotatable bonds is 3. The number of hydrogen-bond acceptors (Lipinski definition) is 4. The van der Waals surface area contributed by atoms with E-state index in [0.29, 0.717) is 12.1 Å². The highest BCUT2D eigenvalue weighted by Gasteiger charge is 2.30. The molecule has 0 spiro atoms. The van der Waals surface area contributed by atoms with Gasteiger partial charge in [-0.3, -0.25) is 15.0 Å². The number of allylic oxidation sites excluding steroid dienone is 1. The second kappa shape index (κ2) is 5.69.